The Balaban J connectivity index is 2.28. The van der Waals surface area contributed by atoms with E-state index in [0.717, 1.165) is 0 Å². The number of methoxy groups -OCH3 is 1. The van der Waals surface area contributed by atoms with Gasteiger partial charge in [-0.05, 0) is 12.1 Å². The van der Waals surface area contributed by atoms with Gasteiger partial charge in [0.25, 0.3) is 0 Å². The summed E-state index contributed by atoms with van der Waals surface area (Å²) >= 11 is 0. The first kappa shape index (κ1) is 9.79. The number of hydrogen-bond acceptors (Lipinski definition) is 5. The Kier molecular flexibility index (Phi) is 2.47. The summed E-state index contributed by atoms with van der Waals surface area (Å²) in [4.78, 5) is 4.06. The lowest BCUT2D eigenvalue weighted by Gasteiger charge is -2.09. The fraction of sp³-hybridized carbons (Fsp3) is 0.300. The van der Waals surface area contributed by atoms with Gasteiger partial charge >= 0.3 is 0 Å². The van der Waals surface area contributed by atoms with Crippen LogP contribution in [0.15, 0.2) is 23.2 Å². The molecule has 15 heavy (non-hydrogen) atoms. The fourth-order valence-electron chi connectivity index (χ4n) is 1.33. The number of phenols is 2. The Hall–Kier alpha value is -1.75. The molecule has 1 aromatic rings. The molecule has 1 aliphatic rings. The molecule has 2 rings (SSSR count). The van der Waals surface area contributed by atoms with E-state index >= 15 is 0 Å². The minimum Gasteiger partial charge on any atom is -0.504 e. The van der Waals surface area contributed by atoms with Gasteiger partial charge in [-0.15, -0.1) is 0 Å². The number of phenolic OH excluding ortho intramolecular Hbond substituents is 2. The molecular weight excluding hydrogens is 198 g/mol. The minimum atomic E-state index is -0.415. The fourth-order valence-corrected chi connectivity index (χ4v) is 1.33. The smallest absolute Gasteiger partial charge is 0.222 e. The zero-order valence-corrected chi connectivity index (χ0v) is 8.17. The third-order valence-electron chi connectivity index (χ3n) is 2.14. The van der Waals surface area contributed by atoms with Crippen molar-refractivity contribution in [2.75, 3.05) is 13.7 Å². The van der Waals surface area contributed by atoms with E-state index in [1.54, 1.807) is 12.1 Å². The first-order valence-electron chi connectivity index (χ1n) is 4.47. The third-order valence-corrected chi connectivity index (χ3v) is 2.14. The average molecular weight is 209 g/mol. The van der Waals surface area contributed by atoms with Gasteiger partial charge in [-0.2, -0.15) is 0 Å². The minimum absolute atomic E-state index is 0.195. The van der Waals surface area contributed by atoms with Crippen LogP contribution in [0.25, 0.3) is 0 Å². The zero-order chi connectivity index (χ0) is 10.8. The van der Waals surface area contributed by atoms with E-state index < -0.39 is 6.29 Å². The molecule has 0 fully saturated rings. The second-order valence-electron chi connectivity index (χ2n) is 3.10. The molecule has 1 atom stereocenters. The second kappa shape index (κ2) is 3.78. The first-order valence-corrected chi connectivity index (χ1v) is 4.47. The number of para-hydroxylation sites is 1. The van der Waals surface area contributed by atoms with Crippen molar-refractivity contribution in [3.8, 4) is 11.5 Å². The second-order valence-corrected chi connectivity index (χ2v) is 3.10. The number of aliphatic imine (C=N–C) groups is 1. The van der Waals surface area contributed by atoms with Gasteiger partial charge in [-0.25, -0.2) is 4.99 Å². The molecule has 0 saturated heterocycles. The Morgan fingerprint density at radius 3 is 2.93 bits per heavy atom. The highest BCUT2D eigenvalue weighted by atomic mass is 16.7. The van der Waals surface area contributed by atoms with E-state index in [9.17, 15) is 10.2 Å². The maximum absolute atomic E-state index is 9.57. The molecule has 0 amide bonds. The average Bonchev–Trinajstić information content (AvgIpc) is 2.70. The lowest BCUT2D eigenvalue weighted by atomic mass is 10.2. The summed E-state index contributed by atoms with van der Waals surface area (Å²) in [6.07, 6.45) is -0.415. The molecule has 0 radical (unpaired) electrons. The summed E-state index contributed by atoms with van der Waals surface area (Å²) in [5.41, 5.74) is 0.370. The van der Waals surface area contributed by atoms with Gasteiger partial charge in [0, 0.05) is 7.11 Å². The molecular formula is C10H11NO4. The molecule has 0 spiro atoms. The van der Waals surface area contributed by atoms with Crippen LogP contribution in [0.5, 0.6) is 11.5 Å². The molecule has 0 bridgehead atoms. The molecule has 1 unspecified atom stereocenters. The molecule has 1 aromatic carbocycles. The topological polar surface area (TPSA) is 71.3 Å². The van der Waals surface area contributed by atoms with Crippen molar-refractivity contribution >= 4 is 5.90 Å². The van der Waals surface area contributed by atoms with Crippen LogP contribution in [0.2, 0.25) is 0 Å². The number of benzene rings is 1. The van der Waals surface area contributed by atoms with Crippen LogP contribution in [0.3, 0.4) is 0 Å². The van der Waals surface area contributed by atoms with Crippen molar-refractivity contribution in [3.05, 3.63) is 23.8 Å². The predicted octanol–water partition coefficient (Wildman–Crippen LogP) is 0.847. The van der Waals surface area contributed by atoms with Gasteiger partial charge in [-0.3, -0.25) is 0 Å². The maximum atomic E-state index is 9.57. The van der Waals surface area contributed by atoms with Crippen LogP contribution in [0.1, 0.15) is 5.56 Å². The lowest BCUT2D eigenvalue weighted by Crippen LogP contribution is -2.15. The van der Waals surface area contributed by atoms with Crippen LogP contribution >= 0.6 is 0 Å². The van der Waals surface area contributed by atoms with Crippen LogP contribution < -0.4 is 0 Å². The van der Waals surface area contributed by atoms with Crippen LogP contribution in [-0.4, -0.2) is 36.1 Å². The van der Waals surface area contributed by atoms with Gasteiger partial charge < -0.3 is 19.7 Å². The molecule has 80 valence electrons. The standard InChI is InChI=1S/C10H11NO4/c1-14-8-5-11-10(15-8)6-3-2-4-7(12)9(6)13/h2-4,8,12-13H,5H2,1H3. The van der Waals surface area contributed by atoms with Gasteiger partial charge in [0.05, 0.1) is 5.56 Å². The molecule has 2 N–H and O–H groups in total. The quantitative estimate of drug-likeness (QED) is 0.708. The largest absolute Gasteiger partial charge is 0.504 e. The molecule has 0 aromatic heterocycles. The number of rotatable bonds is 2. The maximum Gasteiger partial charge on any atom is 0.222 e. The van der Waals surface area contributed by atoms with Gasteiger partial charge in [0.15, 0.2) is 11.5 Å². The number of hydrogen-bond donors (Lipinski definition) is 2. The van der Waals surface area contributed by atoms with Gasteiger partial charge in [0.2, 0.25) is 12.2 Å². The highest BCUT2D eigenvalue weighted by Gasteiger charge is 2.23. The molecule has 0 aliphatic carbocycles. The molecule has 5 nitrogen and oxygen atoms in total. The summed E-state index contributed by atoms with van der Waals surface area (Å²) in [6.45, 7) is 0.390. The molecule has 5 heteroatoms. The van der Waals surface area contributed by atoms with Crippen molar-refractivity contribution in [1.82, 2.24) is 0 Å². The summed E-state index contributed by atoms with van der Waals surface area (Å²) in [7, 11) is 1.52. The highest BCUT2D eigenvalue weighted by molar-refractivity contribution is 5.98. The molecule has 0 saturated carbocycles. The van der Waals surface area contributed by atoms with Crippen LogP contribution in [0.4, 0.5) is 0 Å². The molecule has 1 aliphatic heterocycles. The third kappa shape index (κ3) is 1.73. The first-order chi connectivity index (χ1) is 7.22. The predicted molar refractivity (Wildman–Crippen MR) is 53.1 cm³/mol. The number of ether oxygens (including phenoxy) is 2. The van der Waals surface area contributed by atoms with E-state index in [4.69, 9.17) is 9.47 Å². The summed E-state index contributed by atoms with van der Waals surface area (Å²) in [5, 5.41) is 18.9. The van der Waals surface area contributed by atoms with E-state index in [-0.39, 0.29) is 17.4 Å². The van der Waals surface area contributed by atoms with Gasteiger partial charge in [0.1, 0.15) is 6.54 Å². The van der Waals surface area contributed by atoms with Gasteiger partial charge in [-0.1, -0.05) is 6.07 Å². The normalized spacial score (nSPS) is 19.8. The van der Waals surface area contributed by atoms with Crippen molar-refractivity contribution < 1.29 is 19.7 Å². The Morgan fingerprint density at radius 1 is 1.47 bits per heavy atom. The van der Waals surface area contributed by atoms with Crippen molar-refractivity contribution in [2.45, 2.75) is 6.29 Å². The summed E-state index contributed by atoms with van der Waals surface area (Å²) < 4.78 is 10.2. The zero-order valence-electron chi connectivity index (χ0n) is 8.17. The number of nitrogens with zero attached hydrogens (tertiary/aromatic N) is 1. The van der Waals surface area contributed by atoms with E-state index in [0.29, 0.717) is 12.1 Å². The Bertz CT molecular complexity index is 402. The van der Waals surface area contributed by atoms with E-state index in [2.05, 4.69) is 4.99 Å². The summed E-state index contributed by atoms with van der Waals surface area (Å²) in [6, 6.07) is 4.62. The molecule has 1 heterocycles. The van der Waals surface area contributed by atoms with Crippen molar-refractivity contribution in [3.63, 3.8) is 0 Å². The van der Waals surface area contributed by atoms with Crippen molar-refractivity contribution in [1.29, 1.82) is 0 Å². The van der Waals surface area contributed by atoms with E-state index in [1.807, 2.05) is 0 Å². The van der Waals surface area contributed by atoms with Crippen LogP contribution in [-0.2, 0) is 9.47 Å². The monoisotopic (exact) mass is 209 g/mol. The SMILES string of the molecule is COC1CN=C(c2cccc(O)c2O)O1. The van der Waals surface area contributed by atoms with E-state index in [1.165, 1.54) is 13.2 Å². The number of aromatic hydroxyl groups is 2. The highest BCUT2D eigenvalue weighted by Crippen LogP contribution is 2.30. The Morgan fingerprint density at radius 2 is 2.27 bits per heavy atom. The lowest BCUT2D eigenvalue weighted by molar-refractivity contribution is -0.0402. The summed E-state index contributed by atoms with van der Waals surface area (Å²) in [5.74, 6) is -0.136. The van der Waals surface area contributed by atoms with Crippen LogP contribution in [0, 0.1) is 0 Å². The Labute approximate surface area is 86.6 Å². The van der Waals surface area contributed by atoms with Crippen molar-refractivity contribution in [2.24, 2.45) is 4.99 Å².